The van der Waals surface area contributed by atoms with Crippen molar-refractivity contribution in [1.82, 2.24) is 9.55 Å². The standard InChI is InChI=1S/C17H16FN3O2/c1-2-11-5-3-4-6-13(11)19-16(22)10-21-15-8-7-12(18)9-14(15)20-17(21)23/h3-9H,2,10H2,1H3,(H,19,22)(H,20,23). The predicted octanol–water partition coefficient (Wildman–Crippen LogP) is 2.67. The highest BCUT2D eigenvalue weighted by Gasteiger charge is 2.12. The number of nitrogens with one attached hydrogen (secondary N) is 2. The fraction of sp³-hybridized carbons (Fsp3) is 0.176. The maximum Gasteiger partial charge on any atom is 0.326 e. The second-order valence-corrected chi connectivity index (χ2v) is 5.24. The van der Waals surface area contributed by atoms with Crippen molar-refractivity contribution in [3.05, 3.63) is 64.3 Å². The summed E-state index contributed by atoms with van der Waals surface area (Å²) in [7, 11) is 0. The second-order valence-electron chi connectivity index (χ2n) is 5.24. The van der Waals surface area contributed by atoms with E-state index in [-0.39, 0.29) is 12.5 Å². The van der Waals surface area contributed by atoms with E-state index in [1.165, 1.54) is 22.8 Å². The van der Waals surface area contributed by atoms with Crippen molar-refractivity contribution >= 4 is 22.6 Å². The molecule has 6 heteroatoms. The first-order valence-corrected chi connectivity index (χ1v) is 7.34. The highest BCUT2D eigenvalue weighted by atomic mass is 19.1. The number of aromatic amines is 1. The summed E-state index contributed by atoms with van der Waals surface area (Å²) in [5.74, 6) is -0.745. The van der Waals surface area contributed by atoms with Gasteiger partial charge in [-0.3, -0.25) is 9.36 Å². The van der Waals surface area contributed by atoms with Gasteiger partial charge < -0.3 is 10.3 Å². The Morgan fingerprint density at radius 3 is 2.83 bits per heavy atom. The Kier molecular flexibility index (Phi) is 3.97. The molecule has 0 aliphatic heterocycles. The summed E-state index contributed by atoms with van der Waals surface area (Å²) in [5, 5.41) is 2.82. The number of anilines is 1. The molecular weight excluding hydrogens is 297 g/mol. The molecule has 23 heavy (non-hydrogen) atoms. The Bertz CT molecular complexity index is 927. The Hall–Kier alpha value is -2.89. The fourth-order valence-corrected chi connectivity index (χ4v) is 2.58. The van der Waals surface area contributed by atoms with Gasteiger partial charge in [0.15, 0.2) is 0 Å². The van der Waals surface area contributed by atoms with Gasteiger partial charge in [-0.1, -0.05) is 25.1 Å². The van der Waals surface area contributed by atoms with Crippen LogP contribution in [-0.4, -0.2) is 15.5 Å². The van der Waals surface area contributed by atoms with Gasteiger partial charge in [0.1, 0.15) is 12.4 Å². The van der Waals surface area contributed by atoms with Crippen molar-refractivity contribution in [3.8, 4) is 0 Å². The van der Waals surface area contributed by atoms with Crippen molar-refractivity contribution < 1.29 is 9.18 Å². The van der Waals surface area contributed by atoms with Crippen molar-refractivity contribution in [2.24, 2.45) is 0 Å². The molecule has 0 unspecified atom stereocenters. The van der Waals surface area contributed by atoms with Crippen LogP contribution in [0.3, 0.4) is 0 Å². The molecule has 1 aromatic heterocycles. The third kappa shape index (κ3) is 3.01. The number of hydrogen-bond donors (Lipinski definition) is 2. The number of carbonyl (C=O) groups is 1. The number of aromatic nitrogens is 2. The van der Waals surface area contributed by atoms with E-state index in [1.807, 2.05) is 31.2 Å². The lowest BCUT2D eigenvalue weighted by Gasteiger charge is -2.10. The van der Waals surface area contributed by atoms with Gasteiger partial charge in [0, 0.05) is 5.69 Å². The van der Waals surface area contributed by atoms with E-state index in [9.17, 15) is 14.0 Å². The van der Waals surface area contributed by atoms with E-state index >= 15 is 0 Å². The van der Waals surface area contributed by atoms with Gasteiger partial charge in [-0.05, 0) is 36.2 Å². The van der Waals surface area contributed by atoms with Crippen molar-refractivity contribution in [3.63, 3.8) is 0 Å². The molecule has 0 radical (unpaired) electrons. The fourth-order valence-electron chi connectivity index (χ4n) is 2.58. The zero-order valence-electron chi connectivity index (χ0n) is 12.6. The quantitative estimate of drug-likeness (QED) is 0.777. The Morgan fingerprint density at radius 2 is 2.04 bits per heavy atom. The van der Waals surface area contributed by atoms with Gasteiger partial charge in [-0.2, -0.15) is 0 Å². The minimum atomic E-state index is -0.440. The average Bonchev–Trinajstić information content (AvgIpc) is 2.82. The molecule has 0 atom stereocenters. The van der Waals surface area contributed by atoms with E-state index in [0.29, 0.717) is 11.0 Å². The number of benzene rings is 2. The van der Waals surface area contributed by atoms with Crippen LogP contribution in [0.15, 0.2) is 47.3 Å². The smallest absolute Gasteiger partial charge is 0.324 e. The van der Waals surface area contributed by atoms with Gasteiger partial charge in [0.05, 0.1) is 11.0 Å². The molecule has 0 fully saturated rings. The summed E-state index contributed by atoms with van der Waals surface area (Å²) in [6, 6.07) is 11.5. The lowest BCUT2D eigenvalue weighted by molar-refractivity contribution is -0.116. The van der Waals surface area contributed by atoms with Crippen molar-refractivity contribution in [2.45, 2.75) is 19.9 Å². The second kappa shape index (κ2) is 6.08. The van der Waals surface area contributed by atoms with Crippen molar-refractivity contribution in [1.29, 1.82) is 0 Å². The van der Waals surface area contributed by atoms with Gasteiger partial charge >= 0.3 is 5.69 Å². The van der Waals surface area contributed by atoms with Crippen LogP contribution < -0.4 is 11.0 Å². The lowest BCUT2D eigenvalue weighted by Crippen LogP contribution is -2.26. The van der Waals surface area contributed by atoms with Crippen LogP contribution in [0.4, 0.5) is 10.1 Å². The summed E-state index contributed by atoms with van der Waals surface area (Å²) >= 11 is 0. The Labute approximate surface area is 131 Å². The molecule has 5 nitrogen and oxygen atoms in total. The van der Waals surface area contributed by atoms with Crippen LogP contribution in [0.5, 0.6) is 0 Å². The van der Waals surface area contributed by atoms with E-state index in [2.05, 4.69) is 10.3 Å². The molecule has 1 amide bonds. The molecule has 0 saturated carbocycles. The number of H-pyrrole nitrogens is 1. The number of halogens is 1. The molecular formula is C17H16FN3O2. The maximum atomic E-state index is 13.2. The largest absolute Gasteiger partial charge is 0.326 e. The minimum absolute atomic E-state index is 0.136. The van der Waals surface area contributed by atoms with Gasteiger partial charge in [-0.25, -0.2) is 9.18 Å². The van der Waals surface area contributed by atoms with Crippen LogP contribution >= 0.6 is 0 Å². The lowest BCUT2D eigenvalue weighted by atomic mass is 10.1. The van der Waals surface area contributed by atoms with Crippen LogP contribution in [0, 0.1) is 5.82 Å². The molecule has 1 heterocycles. The number of fused-ring (bicyclic) bond motifs is 1. The first-order valence-electron chi connectivity index (χ1n) is 7.34. The third-order valence-electron chi connectivity index (χ3n) is 3.71. The number of carbonyl (C=O) groups excluding carboxylic acids is 1. The number of nitrogens with zero attached hydrogens (tertiary/aromatic N) is 1. The molecule has 3 aromatic rings. The summed E-state index contributed by atoms with van der Waals surface area (Å²) in [5.41, 5.74) is 2.18. The highest BCUT2D eigenvalue weighted by molar-refractivity contribution is 5.92. The molecule has 2 aromatic carbocycles. The van der Waals surface area contributed by atoms with Gasteiger partial charge in [0.25, 0.3) is 0 Å². The van der Waals surface area contributed by atoms with Crippen LogP contribution in [0.1, 0.15) is 12.5 Å². The van der Waals surface area contributed by atoms with Crippen LogP contribution in [-0.2, 0) is 17.8 Å². The molecule has 2 N–H and O–H groups in total. The summed E-state index contributed by atoms with van der Waals surface area (Å²) in [6.45, 7) is 1.87. The summed E-state index contributed by atoms with van der Waals surface area (Å²) in [6.07, 6.45) is 0.794. The Morgan fingerprint density at radius 1 is 1.26 bits per heavy atom. The molecule has 0 spiro atoms. The van der Waals surface area contributed by atoms with E-state index in [0.717, 1.165) is 17.7 Å². The predicted molar refractivity (Wildman–Crippen MR) is 87.0 cm³/mol. The summed E-state index contributed by atoms with van der Waals surface area (Å²) in [4.78, 5) is 26.8. The zero-order valence-corrected chi connectivity index (χ0v) is 12.6. The van der Waals surface area contributed by atoms with E-state index < -0.39 is 11.5 Å². The summed E-state index contributed by atoms with van der Waals surface area (Å²) < 4.78 is 14.5. The normalized spacial score (nSPS) is 10.9. The number of aryl methyl sites for hydroxylation is 1. The number of rotatable bonds is 4. The number of imidazole rings is 1. The highest BCUT2D eigenvalue weighted by Crippen LogP contribution is 2.16. The molecule has 3 rings (SSSR count). The number of amides is 1. The van der Waals surface area contributed by atoms with Gasteiger partial charge in [0.2, 0.25) is 5.91 Å². The molecule has 0 saturated heterocycles. The minimum Gasteiger partial charge on any atom is -0.324 e. The topological polar surface area (TPSA) is 66.9 Å². The third-order valence-corrected chi connectivity index (χ3v) is 3.71. The number of para-hydroxylation sites is 1. The molecule has 0 aliphatic rings. The molecule has 0 aliphatic carbocycles. The van der Waals surface area contributed by atoms with Crippen LogP contribution in [0.25, 0.3) is 11.0 Å². The maximum absolute atomic E-state index is 13.2. The molecule has 0 bridgehead atoms. The zero-order chi connectivity index (χ0) is 16.4. The first kappa shape index (κ1) is 15.0. The van der Waals surface area contributed by atoms with Crippen molar-refractivity contribution in [2.75, 3.05) is 5.32 Å². The molecule has 118 valence electrons. The van der Waals surface area contributed by atoms with Crippen LogP contribution in [0.2, 0.25) is 0 Å². The SMILES string of the molecule is CCc1ccccc1NC(=O)Cn1c(=O)[nH]c2cc(F)ccc21. The van der Waals surface area contributed by atoms with Gasteiger partial charge in [-0.15, -0.1) is 0 Å². The Balaban J connectivity index is 1.86. The van der Waals surface area contributed by atoms with E-state index in [1.54, 1.807) is 0 Å². The monoisotopic (exact) mass is 313 g/mol. The number of hydrogen-bond acceptors (Lipinski definition) is 2. The van der Waals surface area contributed by atoms with E-state index in [4.69, 9.17) is 0 Å². The first-order chi connectivity index (χ1) is 11.1. The average molecular weight is 313 g/mol.